The van der Waals surface area contributed by atoms with Crippen LogP contribution in [0.15, 0.2) is 30.6 Å². The van der Waals surface area contributed by atoms with E-state index in [2.05, 4.69) is 54.3 Å². The van der Waals surface area contributed by atoms with Crippen LogP contribution in [0.1, 0.15) is 41.8 Å². The Balaban J connectivity index is 2.44. The molecule has 0 radical (unpaired) electrons. The summed E-state index contributed by atoms with van der Waals surface area (Å²) in [5.41, 5.74) is 4.58. The third-order valence-corrected chi connectivity index (χ3v) is 3.62. The maximum absolute atomic E-state index is 5.37. The summed E-state index contributed by atoms with van der Waals surface area (Å²) in [6, 6.07) is 6.49. The number of hydrogen-bond donors (Lipinski definition) is 1. The van der Waals surface area contributed by atoms with Gasteiger partial charge >= 0.3 is 0 Å². The molecular formula is C17H23N3O. The average Bonchev–Trinajstić information content (AvgIpc) is 2.51. The fraction of sp³-hybridized carbons (Fsp3) is 0.412. The van der Waals surface area contributed by atoms with Gasteiger partial charge in [0.05, 0.1) is 13.2 Å². The second kappa shape index (κ2) is 7.18. The number of methoxy groups -OCH3 is 1. The number of aromatic nitrogens is 2. The van der Waals surface area contributed by atoms with Crippen molar-refractivity contribution in [2.24, 2.45) is 0 Å². The third kappa shape index (κ3) is 3.58. The molecule has 0 bridgehead atoms. The van der Waals surface area contributed by atoms with Crippen molar-refractivity contribution in [3.63, 3.8) is 0 Å². The fourth-order valence-corrected chi connectivity index (χ4v) is 2.30. The number of hydrogen-bond acceptors (Lipinski definition) is 4. The molecule has 1 aromatic carbocycles. The summed E-state index contributed by atoms with van der Waals surface area (Å²) in [4.78, 5) is 8.75. The summed E-state index contributed by atoms with van der Waals surface area (Å²) in [6.45, 7) is 7.32. The second-order valence-corrected chi connectivity index (χ2v) is 5.18. The van der Waals surface area contributed by atoms with Crippen LogP contribution in [0.4, 0.5) is 0 Å². The van der Waals surface area contributed by atoms with Gasteiger partial charge in [-0.2, -0.15) is 0 Å². The molecule has 0 aliphatic heterocycles. The van der Waals surface area contributed by atoms with E-state index in [-0.39, 0.29) is 6.04 Å². The topological polar surface area (TPSA) is 47.0 Å². The number of aryl methyl sites for hydroxylation is 2. The zero-order chi connectivity index (χ0) is 15.2. The second-order valence-electron chi connectivity index (χ2n) is 5.18. The molecule has 1 atom stereocenters. The Hall–Kier alpha value is -1.94. The maximum Gasteiger partial charge on any atom is 0.237 e. The molecule has 0 saturated carbocycles. The Morgan fingerprint density at radius 3 is 2.57 bits per heavy atom. The molecule has 0 aliphatic rings. The van der Waals surface area contributed by atoms with E-state index in [0.29, 0.717) is 5.88 Å². The van der Waals surface area contributed by atoms with Crippen LogP contribution in [0.2, 0.25) is 0 Å². The summed E-state index contributed by atoms with van der Waals surface area (Å²) in [5, 5.41) is 3.54. The zero-order valence-corrected chi connectivity index (χ0v) is 13.2. The molecule has 1 aromatic heterocycles. The first-order chi connectivity index (χ1) is 10.2. The van der Waals surface area contributed by atoms with Gasteiger partial charge in [0.1, 0.15) is 5.69 Å². The van der Waals surface area contributed by atoms with Gasteiger partial charge < -0.3 is 10.1 Å². The first kappa shape index (κ1) is 15.4. The highest BCUT2D eigenvalue weighted by Crippen LogP contribution is 2.27. The Morgan fingerprint density at radius 1 is 1.14 bits per heavy atom. The predicted octanol–water partition coefficient (Wildman–Crippen LogP) is 3.19. The van der Waals surface area contributed by atoms with Gasteiger partial charge in [0.25, 0.3) is 0 Å². The highest BCUT2D eigenvalue weighted by molar-refractivity contribution is 5.37. The summed E-state index contributed by atoms with van der Waals surface area (Å²) in [6.07, 6.45) is 4.42. The lowest BCUT2D eigenvalue weighted by Crippen LogP contribution is -2.25. The van der Waals surface area contributed by atoms with Gasteiger partial charge in [-0.15, -0.1) is 0 Å². The molecule has 0 spiro atoms. The first-order valence-electron chi connectivity index (χ1n) is 7.32. The van der Waals surface area contributed by atoms with Crippen LogP contribution in [-0.4, -0.2) is 23.6 Å². The predicted molar refractivity (Wildman–Crippen MR) is 84.6 cm³/mol. The summed E-state index contributed by atoms with van der Waals surface area (Å²) in [7, 11) is 1.63. The summed E-state index contributed by atoms with van der Waals surface area (Å²) >= 11 is 0. The van der Waals surface area contributed by atoms with Crippen molar-refractivity contribution in [2.75, 3.05) is 13.7 Å². The van der Waals surface area contributed by atoms with Gasteiger partial charge in [-0.1, -0.05) is 25.1 Å². The Bertz CT molecular complexity index is 598. The molecule has 1 unspecified atom stereocenters. The molecule has 4 nitrogen and oxygen atoms in total. The van der Waals surface area contributed by atoms with E-state index in [9.17, 15) is 0 Å². The van der Waals surface area contributed by atoms with E-state index in [1.807, 2.05) is 0 Å². The van der Waals surface area contributed by atoms with Crippen LogP contribution >= 0.6 is 0 Å². The van der Waals surface area contributed by atoms with E-state index >= 15 is 0 Å². The quantitative estimate of drug-likeness (QED) is 0.885. The molecule has 0 fully saturated rings. The van der Waals surface area contributed by atoms with Crippen LogP contribution < -0.4 is 10.1 Å². The van der Waals surface area contributed by atoms with Crippen molar-refractivity contribution in [2.45, 2.75) is 33.2 Å². The standard InChI is InChI=1S/C17H23N3O/c1-5-8-18-15(14-7-6-12(2)13(3)11-14)16-17(21-4)20-10-9-19-16/h6-7,9-11,15,18H,5,8H2,1-4H3. The molecule has 1 heterocycles. The van der Waals surface area contributed by atoms with Crippen molar-refractivity contribution in [1.29, 1.82) is 0 Å². The van der Waals surface area contributed by atoms with Crippen LogP contribution in [0, 0.1) is 13.8 Å². The number of nitrogens with zero attached hydrogens (tertiary/aromatic N) is 2. The SMILES string of the molecule is CCCNC(c1ccc(C)c(C)c1)c1nccnc1OC. The van der Waals surface area contributed by atoms with Gasteiger partial charge in [-0.25, -0.2) is 4.98 Å². The van der Waals surface area contributed by atoms with E-state index in [4.69, 9.17) is 4.74 Å². The molecule has 2 rings (SSSR count). The van der Waals surface area contributed by atoms with Crippen molar-refractivity contribution >= 4 is 0 Å². The van der Waals surface area contributed by atoms with E-state index in [1.165, 1.54) is 16.7 Å². The fourth-order valence-electron chi connectivity index (χ4n) is 2.30. The molecule has 0 amide bonds. The summed E-state index contributed by atoms with van der Waals surface area (Å²) in [5.74, 6) is 0.573. The largest absolute Gasteiger partial charge is 0.480 e. The van der Waals surface area contributed by atoms with Crippen molar-refractivity contribution in [3.8, 4) is 5.88 Å². The van der Waals surface area contributed by atoms with E-state index in [0.717, 1.165) is 18.7 Å². The van der Waals surface area contributed by atoms with Crippen LogP contribution in [0.5, 0.6) is 5.88 Å². The Morgan fingerprint density at radius 2 is 1.90 bits per heavy atom. The summed E-state index contributed by atoms with van der Waals surface area (Å²) < 4.78 is 5.37. The lowest BCUT2D eigenvalue weighted by molar-refractivity contribution is 0.382. The lowest BCUT2D eigenvalue weighted by Gasteiger charge is -2.20. The van der Waals surface area contributed by atoms with Gasteiger partial charge in [0.2, 0.25) is 5.88 Å². The molecular weight excluding hydrogens is 262 g/mol. The van der Waals surface area contributed by atoms with Gasteiger partial charge in [0, 0.05) is 12.4 Å². The highest BCUT2D eigenvalue weighted by Gasteiger charge is 2.20. The molecule has 2 aromatic rings. The molecule has 0 saturated heterocycles. The number of rotatable bonds is 6. The molecule has 112 valence electrons. The van der Waals surface area contributed by atoms with Crippen molar-refractivity contribution in [1.82, 2.24) is 15.3 Å². The number of ether oxygens (including phenoxy) is 1. The first-order valence-corrected chi connectivity index (χ1v) is 7.32. The van der Waals surface area contributed by atoms with E-state index in [1.54, 1.807) is 19.5 Å². The molecule has 0 aliphatic carbocycles. The van der Waals surface area contributed by atoms with Crippen LogP contribution in [0.25, 0.3) is 0 Å². The third-order valence-electron chi connectivity index (χ3n) is 3.62. The minimum Gasteiger partial charge on any atom is -0.480 e. The lowest BCUT2D eigenvalue weighted by atomic mass is 9.98. The molecule has 1 N–H and O–H groups in total. The van der Waals surface area contributed by atoms with Gasteiger partial charge in [-0.3, -0.25) is 4.98 Å². The van der Waals surface area contributed by atoms with E-state index < -0.39 is 0 Å². The van der Waals surface area contributed by atoms with Gasteiger partial charge in [-0.05, 0) is 43.5 Å². The zero-order valence-electron chi connectivity index (χ0n) is 13.2. The van der Waals surface area contributed by atoms with Crippen LogP contribution in [-0.2, 0) is 0 Å². The number of nitrogens with one attached hydrogen (secondary N) is 1. The molecule has 4 heteroatoms. The minimum absolute atomic E-state index is 0.00657. The normalized spacial score (nSPS) is 12.2. The van der Waals surface area contributed by atoms with Gasteiger partial charge in [0.15, 0.2) is 0 Å². The van der Waals surface area contributed by atoms with Crippen molar-refractivity contribution in [3.05, 3.63) is 53.0 Å². The minimum atomic E-state index is -0.00657. The Kier molecular flexibility index (Phi) is 5.28. The smallest absolute Gasteiger partial charge is 0.237 e. The molecule has 21 heavy (non-hydrogen) atoms. The average molecular weight is 285 g/mol. The maximum atomic E-state index is 5.37. The number of benzene rings is 1. The van der Waals surface area contributed by atoms with Crippen molar-refractivity contribution < 1.29 is 4.74 Å². The monoisotopic (exact) mass is 285 g/mol. The highest BCUT2D eigenvalue weighted by atomic mass is 16.5. The Labute approximate surface area is 126 Å². The van der Waals surface area contributed by atoms with Crippen LogP contribution in [0.3, 0.4) is 0 Å².